The van der Waals surface area contributed by atoms with Crippen molar-refractivity contribution in [3.8, 4) is 0 Å². The predicted molar refractivity (Wildman–Crippen MR) is 103 cm³/mol. The van der Waals surface area contributed by atoms with Crippen molar-refractivity contribution in [2.24, 2.45) is 22.7 Å². The van der Waals surface area contributed by atoms with E-state index >= 15 is 0 Å². The van der Waals surface area contributed by atoms with Crippen LogP contribution in [-0.2, 0) is 19.1 Å². The average molecular weight is 386 g/mol. The average Bonchev–Trinajstić information content (AvgIpc) is 2.92. The summed E-state index contributed by atoms with van der Waals surface area (Å²) < 4.78 is 4.91. The van der Waals surface area contributed by atoms with E-state index in [1.54, 1.807) is 0 Å². The van der Waals surface area contributed by atoms with Gasteiger partial charge in [0.05, 0.1) is 0 Å². The lowest BCUT2D eigenvalue weighted by molar-refractivity contribution is -0.162. The molecule has 28 heavy (non-hydrogen) atoms. The highest BCUT2D eigenvalue weighted by Gasteiger charge is 2.64. The molecule has 2 fully saturated rings. The molecule has 4 aliphatic rings. The normalized spacial score (nSPS) is 41.9. The van der Waals surface area contributed by atoms with Gasteiger partial charge in [0.25, 0.3) is 0 Å². The lowest BCUT2D eigenvalue weighted by atomic mass is 9.50. The van der Waals surface area contributed by atoms with E-state index in [4.69, 9.17) is 4.74 Å². The highest BCUT2D eigenvalue weighted by atomic mass is 16.5. The molecule has 2 saturated carbocycles. The minimum absolute atomic E-state index is 0.0549. The minimum Gasteiger partial charge on any atom is -0.458 e. The number of ether oxygens (including phenoxy) is 1. The second kappa shape index (κ2) is 6.38. The molecule has 1 unspecified atom stereocenters. The first-order valence-electron chi connectivity index (χ1n) is 10.5. The third-order valence-electron chi connectivity index (χ3n) is 8.36. The first-order valence-corrected chi connectivity index (χ1v) is 10.5. The summed E-state index contributed by atoms with van der Waals surface area (Å²) in [6, 6.07) is 0. The maximum atomic E-state index is 12.8. The SMILES string of the molecule is CC(=O)OCC(=O)C1(O)CC[C@H]2[C@@H]3CCC4=CC(=O)CC[C@]4(C)C3=CC[C@@]21C. The third-order valence-corrected chi connectivity index (χ3v) is 8.36. The van der Waals surface area contributed by atoms with Crippen LogP contribution in [-0.4, -0.2) is 34.9 Å². The number of allylic oxidation sites excluding steroid dienone is 4. The van der Waals surface area contributed by atoms with Gasteiger partial charge in [-0.2, -0.15) is 0 Å². The van der Waals surface area contributed by atoms with Gasteiger partial charge in [0, 0.05) is 24.2 Å². The summed E-state index contributed by atoms with van der Waals surface area (Å²) in [6.07, 6.45) is 9.31. The van der Waals surface area contributed by atoms with Crippen LogP contribution in [0.15, 0.2) is 23.3 Å². The molecular weight excluding hydrogens is 356 g/mol. The largest absolute Gasteiger partial charge is 0.458 e. The molecule has 0 spiro atoms. The Bertz CT molecular complexity index is 808. The molecule has 0 amide bonds. The lowest BCUT2D eigenvalue weighted by Gasteiger charge is -2.54. The Morgan fingerprint density at radius 2 is 1.96 bits per heavy atom. The molecule has 0 aliphatic heterocycles. The van der Waals surface area contributed by atoms with Gasteiger partial charge in [-0.3, -0.25) is 14.4 Å². The van der Waals surface area contributed by atoms with Crippen LogP contribution in [0.1, 0.15) is 65.7 Å². The van der Waals surface area contributed by atoms with E-state index in [1.165, 1.54) is 18.1 Å². The van der Waals surface area contributed by atoms with Crippen LogP contribution < -0.4 is 0 Å². The zero-order valence-electron chi connectivity index (χ0n) is 17.0. The van der Waals surface area contributed by atoms with Crippen LogP contribution >= 0.6 is 0 Å². The molecule has 0 saturated heterocycles. The molecule has 152 valence electrons. The number of Topliss-reactive ketones (excluding diaryl/α,β-unsaturated/α-hetero) is 1. The van der Waals surface area contributed by atoms with Crippen molar-refractivity contribution in [1.82, 2.24) is 0 Å². The van der Waals surface area contributed by atoms with Crippen LogP contribution in [0.3, 0.4) is 0 Å². The van der Waals surface area contributed by atoms with E-state index in [1.807, 2.05) is 13.0 Å². The number of carbonyl (C=O) groups excluding carboxylic acids is 3. The van der Waals surface area contributed by atoms with Gasteiger partial charge in [-0.15, -0.1) is 0 Å². The van der Waals surface area contributed by atoms with Crippen LogP contribution in [0.2, 0.25) is 0 Å². The van der Waals surface area contributed by atoms with Crippen molar-refractivity contribution in [3.05, 3.63) is 23.3 Å². The molecule has 0 aromatic carbocycles. The van der Waals surface area contributed by atoms with Gasteiger partial charge < -0.3 is 9.84 Å². The molecule has 0 aromatic heterocycles. The summed E-state index contributed by atoms with van der Waals surface area (Å²) in [5.74, 6) is -0.0813. The number of esters is 1. The topological polar surface area (TPSA) is 80.7 Å². The minimum atomic E-state index is -1.45. The van der Waals surface area contributed by atoms with Gasteiger partial charge in [-0.25, -0.2) is 0 Å². The van der Waals surface area contributed by atoms with Crippen molar-refractivity contribution in [2.75, 3.05) is 6.61 Å². The Morgan fingerprint density at radius 1 is 1.21 bits per heavy atom. The van der Waals surface area contributed by atoms with Gasteiger partial charge in [-0.05, 0) is 56.4 Å². The van der Waals surface area contributed by atoms with E-state index in [9.17, 15) is 19.5 Å². The summed E-state index contributed by atoms with van der Waals surface area (Å²) in [5, 5.41) is 11.4. The van der Waals surface area contributed by atoms with Gasteiger partial charge in [0.2, 0.25) is 5.78 Å². The number of ketones is 2. The Labute approximate surface area is 166 Å². The molecule has 4 rings (SSSR count). The number of hydrogen-bond acceptors (Lipinski definition) is 5. The molecule has 5 nitrogen and oxygen atoms in total. The van der Waals surface area contributed by atoms with Crippen LogP contribution in [0, 0.1) is 22.7 Å². The van der Waals surface area contributed by atoms with Crippen molar-refractivity contribution >= 4 is 17.5 Å². The second-order valence-electron chi connectivity index (χ2n) is 9.60. The summed E-state index contributed by atoms with van der Waals surface area (Å²) in [5.41, 5.74) is 0.626. The first kappa shape index (κ1) is 19.6. The van der Waals surface area contributed by atoms with E-state index in [0.29, 0.717) is 25.2 Å². The van der Waals surface area contributed by atoms with Crippen molar-refractivity contribution in [1.29, 1.82) is 0 Å². The summed E-state index contributed by atoms with van der Waals surface area (Å²) in [7, 11) is 0. The second-order valence-corrected chi connectivity index (χ2v) is 9.60. The molecule has 5 heteroatoms. The maximum absolute atomic E-state index is 12.8. The fourth-order valence-electron chi connectivity index (χ4n) is 6.61. The zero-order valence-corrected chi connectivity index (χ0v) is 17.0. The molecule has 0 bridgehead atoms. The van der Waals surface area contributed by atoms with Crippen molar-refractivity contribution in [2.45, 2.75) is 71.3 Å². The summed E-state index contributed by atoms with van der Waals surface area (Å²) in [4.78, 5) is 35.9. The van der Waals surface area contributed by atoms with E-state index in [-0.39, 0.29) is 29.5 Å². The van der Waals surface area contributed by atoms with E-state index in [0.717, 1.165) is 25.7 Å². The van der Waals surface area contributed by atoms with Gasteiger partial charge >= 0.3 is 5.97 Å². The van der Waals surface area contributed by atoms with Gasteiger partial charge in [0.15, 0.2) is 12.4 Å². The first-order chi connectivity index (χ1) is 13.1. The highest BCUT2D eigenvalue weighted by Crippen LogP contribution is 2.65. The standard InChI is InChI=1S/C23H30O5/c1-14(24)28-13-20(26)23(27)11-8-19-17-5-4-15-12-16(25)6-9-21(15,2)18(17)7-10-22(19,23)3/h7,12,17,19,27H,4-6,8-11,13H2,1-3H3/t17-,19+,21+,22+,23?/m1/s1. The molecule has 1 N–H and O–H groups in total. The van der Waals surface area contributed by atoms with Gasteiger partial charge in [-0.1, -0.05) is 31.1 Å². The number of fused-ring (bicyclic) bond motifs is 5. The fourth-order valence-corrected chi connectivity index (χ4v) is 6.61. The molecule has 4 aliphatic carbocycles. The monoisotopic (exact) mass is 386 g/mol. The van der Waals surface area contributed by atoms with Crippen LogP contribution in [0.4, 0.5) is 0 Å². The van der Waals surface area contributed by atoms with Crippen molar-refractivity contribution < 1.29 is 24.2 Å². The van der Waals surface area contributed by atoms with E-state index < -0.39 is 17.0 Å². The smallest absolute Gasteiger partial charge is 0.303 e. The Hall–Kier alpha value is -1.75. The fraction of sp³-hybridized carbons (Fsp3) is 0.696. The lowest BCUT2D eigenvalue weighted by Crippen LogP contribution is -2.55. The highest BCUT2D eigenvalue weighted by molar-refractivity contribution is 5.92. The number of aliphatic hydroxyl groups is 1. The number of hydrogen-bond donors (Lipinski definition) is 1. The van der Waals surface area contributed by atoms with Gasteiger partial charge in [0.1, 0.15) is 5.60 Å². The zero-order chi connectivity index (χ0) is 20.3. The van der Waals surface area contributed by atoms with E-state index in [2.05, 4.69) is 13.0 Å². The maximum Gasteiger partial charge on any atom is 0.303 e. The number of rotatable bonds is 3. The number of carbonyl (C=O) groups is 3. The summed E-state index contributed by atoms with van der Waals surface area (Å²) in [6.45, 7) is 5.21. The Balaban J connectivity index is 1.66. The predicted octanol–water partition coefficient (Wildman–Crippen LogP) is 3.30. The van der Waals surface area contributed by atoms with Crippen LogP contribution in [0.25, 0.3) is 0 Å². The molecule has 0 aromatic rings. The Kier molecular flexibility index (Phi) is 4.46. The summed E-state index contributed by atoms with van der Waals surface area (Å²) >= 11 is 0. The molecule has 5 atom stereocenters. The molecule has 0 radical (unpaired) electrons. The van der Waals surface area contributed by atoms with Crippen molar-refractivity contribution in [3.63, 3.8) is 0 Å². The quantitative estimate of drug-likeness (QED) is 0.595. The Morgan fingerprint density at radius 3 is 2.68 bits per heavy atom. The molecular formula is C23H30O5. The third kappa shape index (κ3) is 2.58. The molecule has 0 heterocycles. The van der Waals surface area contributed by atoms with Crippen LogP contribution in [0.5, 0.6) is 0 Å².